The lowest BCUT2D eigenvalue weighted by atomic mass is 10.2. The first-order valence-corrected chi connectivity index (χ1v) is 9.81. The van der Waals surface area contributed by atoms with E-state index in [0.717, 1.165) is 54.9 Å². The number of nitrogens with one attached hydrogen (secondary N) is 1. The third-order valence-electron chi connectivity index (χ3n) is 4.75. The maximum absolute atomic E-state index is 13.0. The monoisotopic (exact) mass is 403 g/mol. The van der Waals surface area contributed by atoms with Crippen LogP contribution >= 0.6 is 12.2 Å². The van der Waals surface area contributed by atoms with E-state index in [2.05, 4.69) is 15.1 Å². The fourth-order valence-corrected chi connectivity index (χ4v) is 3.29. The molecule has 0 radical (unpaired) electrons. The van der Waals surface area contributed by atoms with Gasteiger partial charge in [-0.1, -0.05) is 12.1 Å². The highest BCUT2D eigenvalue weighted by Gasteiger charge is 2.18. The van der Waals surface area contributed by atoms with Crippen LogP contribution in [0.15, 0.2) is 48.5 Å². The summed E-state index contributed by atoms with van der Waals surface area (Å²) in [5.41, 5.74) is 1.01. The van der Waals surface area contributed by atoms with Gasteiger partial charge in [0.1, 0.15) is 23.9 Å². The zero-order valence-corrected chi connectivity index (χ0v) is 16.9. The van der Waals surface area contributed by atoms with Crippen LogP contribution < -0.4 is 14.8 Å². The van der Waals surface area contributed by atoms with E-state index in [-0.39, 0.29) is 5.82 Å². The van der Waals surface area contributed by atoms with Crippen molar-refractivity contribution < 1.29 is 13.9 Å². The molecule has 1 fully saturated rings. The highest BCUT2D eigenvalue weighted by molar-refractivity contribution is 7.80. The summed E-state index contributed by atoms with van der Waals surface area (Å²) in [5.74, 6) is 1.46. The minimum absolute atomic E-state index is 0.224. The molecule has 1 N–H and O–H groups in total. The number of rotatable bonds is 7. The van der Waals surface area contributed by atoms with E-state index in [0.29, 0.717) is 13.2 Å². The van der Waals surface area contributed by atoms with Crippen molar-refractivity contribution in [2.75, 3.05) is 46.4 Å². The largest absolute Gasteiger partial charge is 0.497 e. The lowest BCUT2D eigenvalue weighted by Crippen LogP contribution is -2.52. The maximum Gasteiger partial charge on any atom is 0.169 e. The molecule has 0 saturated carbocycles. The van der Waals surface area contributed by atoms with Crippen LogP contribution in [0.1, 0.15) is 5.56 Å². The first-order valence-electron chi connectivity index (χ1n) is 9.40. The highest BCUT2D eigenvalue weighted by Crippen LogP contribution is 2.17. The fourth-order valence-electron chi connectivity index (χ4n) is 3.03. The van der Waals surface area contributed by atoms with E-state index in [9.17, 15) is 4.39 Å². The third-order valence-corrected chi connectivity index (χ3v) is 5.15. The van der Waals surface area contributed by atoms with Crippen molar-refractivity contribution in [3.8, 4) is 11.5 Å². The Labute approximate surface area is 171 Å². The van der Waals surface area contributed by atoms with Crippen LogP contribution in [-0.4, -0.2) is 61.4 Å². The molecule has 3 rings (SSSR count). The first-order chi connectivity index (χ1) is 13.6. The average molecular weight is 404 g/mol. The Kier molecular flexibility index (Phi) is 7.45. The second-order valence-electron chi connectivity index (χ2n) is 6.64. The standard InChI is InChI=1S/C21H26FN3O2S/c1-26-19-6-8-20(9-7-19)27-15-14-24-10-12-25(13-11-24)21(28)23-16-17-2-4-18(22)5-3-17/h2-9H,10-16H2,1H3,(H,23,28). The molecule has 1 aliphatic rings. The second-order valence-corrected chi connectivity index (χ2v) is 7.02. The number of benzene rings is 2. The molecular formula is C21H26FN3O2S. The number of methoxy groups -OCH3 is 1. The van der Waals surface area contributed by atoms with Gasteiger partial charge in [0, 0.05) is 39.3 Å². The molecule has 7 heteroatoms. The number of hydrogen-bond acceptors (Lipinski definition) is 4. The molecule has 1 heterocycles. The number of thiocarbonyl (C=S) groups is 1. The van der Waals surface area contributed by atoms with Crippen molar-refractivity contribution >= 4 is 17.3 Å². The summed E-state index contributed by atoms with van der Waals surface area (Å²) in [4.78, 5) is 4.56. The van der Waals surface area contributed by atoms with Gasteiger partial charge in [0.25, 0.3) is 0 Å². The Morgan fingerprint density at radius 1 is 1.00 bits per heavy atom. The molecule has 0 aromatic heterocycles. The number of nitrogens with zero attached hydrogens (tertiary/aromatic N) is 2. The van der Waals surface area contributed by atoms with E-state index in [4.69, 9.17) is 21.7 Å². The summed E-state index contributed by atoms with van der Waals surface area (Å²) in [6.45, 7) is 5.81. The van der Waals surface area contributed by atoms with Gasteiger partial charge in [0.2, 0.25) is 0 Å². The predicted octanol–water partition coefficient (Wildman–Crippen LogP) is 2.91. The van der Waals surface area contributed by atoms with Gasteiger partial charge >= 0.3 is 0 Å². The van der Waals surface area contributed by atoms with Crippen molar-refractivity contribution in [2.24, 2.45) is 0 Å². The van der Waals surface area contributed by atoms with Crippen LogP contribution in [0.2, 0.25) is 0 Å². The molecule has 1 aliphatic heterocycles. The molecule has 2 aromatic carbocycles. The minimum atomic E-state index is -0.224. The van der Waals surface area contributed by atoms with Gasteiger partial charge in [-0.25, -0.2) is 4.39 Å². The number of ether oxygens (including phenoxy) is 2. The lowest BCUT2D eigenvalue weighted by Gasteiger charge is -2.36. The highest BCUT2D eigenvalue weighted by atomic mass is 32.1. The van der Waals surface area contributed by atoms with E-state index in [1.165, 1.54) is 12.1 Å². The SMILES string of the molecule is COc1ccc(OCCN2CCN(C(=S)NCc3ccc(F)cc3)CC2)cc1. The smallest absolute Gasteiger partial charge is 0.169 e. The van der Waals surface area contributed by atoms with Gasteiger partial charge < -0.3 is 19.7 Å². The van der Waals surface area contributed by atoms with Crippen LogP contribution in [-0.2, 0) is 6.54 Å². The molecule has 0 spiro atoms. The van der Waals surface area contributed by atoms with Gasteiger partial charge in [-0.3, -0.25) is 4.90 Å². The van der Waals surface area contributed by atoms with Crippen molar-refractivity contribution in [3.05, 3.63) is 59.9 Å². The summed E-state index contributed by atoms with van der Waals surface area (Å²) >= 11 is 5.50. The van der Waals surface area contributed by atoms with E-state index in [1.807, 2.05) is 24.3 Å². The van der Waals surface area contributed by atoms with Gasteiger partial charge in [-0.2, -0.15) is 0 Å². The van der Waals surface area contributed by atoms with Crippen molar-refractivity contribution in [1.82, 2.24) is 15.1 Å². The van der Waals surface area contributed by atoms with E-state index < -0.39 is 0 Å². The van der Waals surface area contributed by atoms with Crippen molar-refractivity contribution in [3.63, 3.8) is 0 Å². The first kappa shape index (κ1) is 20.4. The molecule has 28 heavy (non-hydrogen) atoms. The zero-order valence-electron chi connectivity index (χ0n) is 16.1. The van der Waals surface area contributed by atoms with Crippen molar-refractivity contribution in [2.45, 2.75) is 6.54 Å². The number of piperazine rings is 1. The predicted molar refractivity (Wildman–Crippen MR) is 112 cm³/mol. The summed E-state index contributed by atoms with van der Waals surface area (Å²) in [6, 6.07) is 14.1. The van der Waals surface area contributed by atoms with Crippen LogP contribution in [0.3, 0.4) is 0 Å². The Morgan fingerprint density at radius 3 is 2.29 bits per heavy atom. The van der Waals surface area contributed by atoms with Crippen molar-refractivity contribution in [1.29, 1.82) is 0 Å². The number of halogens is 1. The van der Waals surface area contributed by atoms with E-state index in [1.54, 1.807) is 19.2 Å². The minimum Gasteiger partial charge on any atom is -0.497 e. The average Bonchev–Trinajstić information content (AvgIpc) is 2.74. The number of hydrogen-bond donors (Lipinski definition) is 1. The fraction of sp³-hybridized carbons (Fsp3) is 0.381. The van der Waals surface area contributed by atoms with Crippen LogP contribution in [0.4, 0.5) is 4.39 Å². The molecule has 0 aliphatic carbocycles. The Balaban J connectivity index is 1.33. The normalized spacial score (nSPS) is 14.6. The Bertz CT molecular complexity index is 747. The molecule has 0 atom stereocenters. The molecule has 1 saturated heterocycles. The molecule has 150 valence electrons. The Hall–Kier alpha value is -2.38. The van der Waals surface area contributed by atoms with Gasteiger partial charge in [0.05, 0.1) is 7.11 Å². The van der Waals surface area contributed by atoms with Gasteiger partial charge in [0.15, 0.2) is 5.11 Å². The van der Waals surface area contributed by atoms with E-state index >= 15 is 0 Å². The van der Waals surface area contributed by atoms with Crippen LogP contribution in [0.25, 0.3) is 0 Å². The molecule has 0 bridgehead atoms. The third kappa shape index (κ3) is 6.07. The Morgan fingerprint density at radius 2 is 1.64 bits per heavy atom. The van der Waals surface area contributed by atoms with Crippen LogP contribution in [0.5, 0.6) is 11.5 Å². The zero-order chi connectivity index (χ0) is 19.8. The van der Waals surface area contributed by atoms with Crippen LogP contribution in [0, 0.1) is 5.82 Å². The van der Waals surface area contributed by atoms with Gasteiger partial charge in [-0.05, 0) is 54.2 Å². The second kappa shape index (κ2) is 10.2. The lowest BCUT2D eigenvalue weighted by molar-refractivity contribution is 0.153. The summed E-state index contributed by atoms with van der Waals surface area (Å²) in [7, 11) is 1.65. The maximum atomic E-state index is 13.0. The summed E-state index contributed by atoms with van der Waals surface area (Å²) < 4.78 is 23.9. The molecule has 0 amide bonds. The molecular weight excluding hydrogens is 377 g/mol. The summed E-state index contributed by atoms with van der Waals surface area (Å²) in [5, 5.41) is 4.01. The van der Waals surface area contributed by atoms with Gasteiger partial charge in [-0.15, -0.1) is 0 Å². The molecule has 5 nitrogen and oxygen atoms in total. The summed E-state index contributed by atoms with van der Waals surface area (Å²) in [6.07, 6.45) is 0. The molecule has 2 aromatic rings. The quantitative estimate of drug-likeness (QED) is 0.717. The topological polar surface area (TPSA) is 37.0 Å². The molecule has 0 unspecified atom stereocenters.